The number of anilines is 1. The molecule has 1 aromatic carbocycles. The maximum atomic E-state index is 13.0. The summed E-state index contributed by atoms with van der Waals surface area (Å²) in [5.74, 6) is 0. The molecule has 0 amide bonds. The van der Waals surface area contributed by atoms with Crippen molar-refractivity contribution < 1.29 is 13.2 Å². The van der Waals surface area contributed by atoms with Gasteiger partial charge in [-0.15, -0.1) is 0 Å². The highest BCUT2D eigenvalue weighted by Gasteiger charge is 2.35. The van der Waals surface area contributed by atoms with Gasteiger partial charge >= 0.3 is 6.18 Å². The van der Waals surface area contributed by atoms with Gasteiger partial charge in [-0.3, -0.25) is 0 Å². The highest BCUT2D eigenvalue weighted by atomic mass is 79.9. The molecule has 1 aromatic rings. The monoisotopic (exact) mass is 374 g/mol. The Morgan fingerprint density at radius 3 is 2.14 bits per heavy atom. The van der Waals surface area contributed by atoms with Crippen molar-refractivity contribution >= 4 is 33.2 Å². The van der Waals surface area contributed by atoms with Crippen LogP contribution in [-0.2, 0) is 6.18 Å². The molecule has 0 heterocycles. The predicted octanol–water partition coefficient (Wildman–Crippen LogP) is 4.36. The lowest BCUT2D eigenvalue weighted by atomic mass is 10.1. The Balaban J connectivity index is 3.54. The van der Waals surface area contributed by atoms with Crippen molar-refractivity contribution in [1.82, 2.24) is 0 Å². The molecule has 0 unspecified atom stereocenters. The lowest BCUT2D eigenvalue weighted by Gasteiger charge is -2.16. The smallest absolute Gasteiger partial charge is 0.344 e. The second-order valence-electron chi connectivity index (χ2n) is 3.52. The van der Waals surface area contributed by atoms with Crippen LogP contribution in [0.15, 0.2) is 27.9 Å². The third-order valence-corrected chi connectivity index (χ3v) is 3.04. The fourth-order valence-electron chi connectivity index (χ4n) is 1.33. The van der Waals surface area contributed by atoms with Gasteiger partial charge in [-0.25, -0.2) is 0 Å². The number of hydrogen-bond donors (Lipinski definition) is 1. The molecular formula is C12H3BrClF3N4. The van der Waals surface area contributed by atoms with E-state index in [1.807, 2.05) is 0 Å². The van der Waals surface area contributed by atoms with Gasteiger partial charge in [-0.2, -0.15) is 29.0 Å². The van der Waals surface area contributed by atoms with E-state index in [0.29, 0.717) is 6.07 Å². The Kier molecular flexibility index (Phi) is 5.21. The SMILES string of the molecule is N#CC(C#N)=C(C#N)Nc1c(Br)cc(Cl)cc1C(F)(F)F. The van der Waals surface area contributed by atoms with E-state index in [1.165, 1.54) is 24.3 Å². The molecule has 0 saturated heterocycles. The first-order chi connectivity index (χ1) is 9.74. The molecule has 0 aliphatic carbocycles. The van der Waals surface area contributed by atoms with E-state index in [2.05, 4.69) is 21.2 Å². The summed E-state index contributed by atoms with van der Waals surface area (Å²) >= 11 is 8.47. The first kappa shape index (κ1) is 16.8. The van der Waals surface area contributed by atoms with Gasteiger partial charge in [-0.05, 0) is 28.1 Å². The van der Waals surface area contributed by atoms with Crippen molar-refractivity contribution in [3.8, 4) is 18.2 Å². The molecule has 0 saturated carbocycles. The average Bonchev–Trinajstić information content (AvgIpc) is 2.39. The van der Waals surface area contributed by atoms with Crippen LogP contribution >= 0.6 is 27.5 Å². The van der Waals surface area contributed by atoms with E-state index in [9.17, 15) is 13.2 Å². The number of hydrogen-bond acceptors (Lipinski definition) is 4. The fraction of sp³-hybridized carbons (Fsp3) is 0.0833. The van der Waals surface area contributed by atoms with Crippen molar-refractivity contribution in [3.63, 3.8) is 0 Å². The zero-order valence-electron chi connectivity index (χ0n) is 9.89. The van der Waals surface area contributed by atoms with Crippen LogP contribution in [0.4, 0.5) is 18.9 Å². The van der Waals surface area contributed by atoms with E-state index >= 15 is 0 Å². The van der Waals surface area contributed by atoms with Gasteiger partial charge in [0.05, 0.1) is 11.3 Å². The molecule has 0 aliphatic rings. The summed E-state index contributed by atoms with van der Waals surface area (Å²) in [4.78, 5) is 0. The highest BCUT2D eigenvalue weighted by molar-refractivity contribution is 9.10. The second kappa shape index (κ2) is 6.49. The lowest BCUT2D eigenvalue weighted by molar-refractivity contribution is -0.137. The third-order valence-electron chi connectivity index (χ3n) is 2.20. The van der Waals surface area contributed by atoms with E-state index in [0.717, 1.165) is 0 Å². The van der Waals surface area contributed by atoms with Crippen LogP contribution in [0.5, 0.6) is 0 Å². The van der Waals surface area contributed by atoms with E-state index in [-0.39, 0.29) is 9.50 Å². The molecule has 9 heteroatoms. The fourth-order valence-corrected chi connectivity index (χ4v) is 2.24. The van der Waals surface area contributed by atoms with Crippen molar-refractivity contribution in [2.45, 2.75) is 6.18 Å². The largest absolute Gasteiger partial charge is 0.418 e. The molecule has 4 nitrogen and oxygen atoms in total. The van der Waals surface area contributed by atoms with Crippen LogP contribution in [-0.4, -0.2) is 0 Å². The van der Waals surface area contributed by atoms with Crippen LogP contribution < -0.4 is 5.32 Å². The summed E-state index contributed by atoms with van der Waals surface area (Å²) in [5, 5.41) is 28.2. The predicted molar refractivity (Wildman–Crippen MR) is 71.6 cm³/mol. The van der Waals surface area contributed by atoms with Crippen LogP contribution in [0.25, 0.3) is 0 Å². The third kappa shape index (κ3) is 3.88. The minimum Gasteiger partial charge on any atom is -0.344 e. The zero-order valence-corrected chi connectivity index (χ0v) is 12.2. The molecule has 0 aromatic heterocycles. The average molecular weight is 376 g/mol. The number of rotatable bonds is 2. The highest BCUT2D eigenvalue weighted by Crippen LogP contribution is 2.41. The number of allylic oxidation sites excluding steroid dienone is 2. The Morgan fingerprint density at radius 1 is 1.14 bits per heavy atom. The summed E-state index contributed by atoms with van der Waals surface area (Å²) < 4.78 is 38.9. The topological polar surface area (TPSA) is 83.4 Å². The Hall–Kier alpha value is -2.21. The van der Waals surface area contributed by atoms with Crippen molar-refractivity contribution in [3.05, 3.63) is 38.5 Å². The molecule has 0 spiro atoms. The van der Waals surface area contributed by atoms with Gasteiger partial charge in [0.15, 0.2) is 5.57 Å². The van der Waals surface area contributed by atoms with Gasteiger partial charge in [0.2, 0.25) is 0 Å². The van der Waals surface area contributed by atoms with Crippen LogP contribution in [0.3, 0.4) is 0 Å². The van der Waals surface area contributed by atoms with Crippen molar-refractivity contribution in [2.24, 2.45) is 0 Å². The molecule has 0 atom stereocenters. The van der Waals surface area contributed by atoms with Crippen LogP contribution in [0.1, 0.15) is 5.56 Å². The molecule has 21 heavy (non-hydrogen) atoms. The second-order valence-corrected chi connectivity index (χ2v) is 4.81. The van der Waals surface area contributed by atoms with Gasteiger partial charge in [0, 0.05) is 9.50 Å². The quantitative estimate of drug-likeness (QED) is 0.779. The van der Waals surface area contributed by atoms with E-state index in [1.54, 1.807) is 0 Å². The number of nitrogens with one attached hydrogen (secondary N) is 1. The minimum absolute atomic E-state index is 0.0645. The summed E-state index contributed by atoms with van der Waals surface area (Å²) in [6.07, 6.45) is -4.74. The Morgan fingerprint density at radius 2 is 1.71 bits per heavy atom. The summed E-state index contributed by atoms with van der Waals surface area (Å²) in [6, 6.07) is 6.18. The number of benzene rings is 1. The molecule has 0 radical (unpaired) electrons. The van der Waals surface area contributed by atoms with Crippen molar-refractivity contribution in [1.29, 1.82) is 15.8 Å². The molecule has 1 N–H and O–H groups in total. The van der Waals surface area contributed by atoms with Gasteiger partial charge in [-0.1, -0.05) is 11.6 Å². The number of nitrogens with zero attached hydrogens (tertiary/aromatic N) is 3. The minimum atomic E-state index is -4.74. The molecule has 0 aliphatic heterocycles. The van der Waals surface area contributed by atoms with Crippen LogP contribution in [0, 0.1) is 34.0 Å². The molecule has 106 valence electrons. The summed E-state index contributed by atoms with van der Waals surface area (Å²) in [6.45, 7) is 0. The standard InChI is InChI=1S/C12H3BrClF3N4/c13-9-2-7(14)1-8(12(15,16)17)11(9)21-10(5-20)6(3-18)4-19/h1-2,21H. The van der Waals surface area contributed by atoms with Gasteiger partial charge in [0.1, 0.15) is 23.9 Å². The number of alkyl halides is 3. The first-order valence-electron chi connectivity index (χ1n) is 5.02. The Bertz CT molecular complexity index is 719. The van der Waals surface area contributed by atoms with Crippen LogP contribution in [0.2, 0.25) is 5.02 Å². The number of halogens is 5. The molecular weight excluding hydrogens is 373 g/mol. The molecule has 0 bridgehead atoms. The van der Waals surface area contributed by atoms with E-state index < -0.39 is 28.7 Å². The first-order valence-corrected chi connectivity index (χ1v) is 6.19. The van der Waals surface area contributed by atoms with Crippen molar-refractivity contribution in [2.75, 3.05) is 5.32 Å². The lowest BCUT2D eigenvalue weighted by Crippen LogP contribution is -2.12. The normalized spacial score (nSPS) is 10.0. The summed E-state index contributed by atoms with van der Waals surface area (Å²) in [5.41, 5.74) is -2.86. The number of nitriles is 3. The van der Waals surface area contributed by atoms with E-state index in [4.69, 9.17) is 27.4 Å². The van der Waals surface area contributed by atoms with Gasteiger partial charge in [0.25, 0.3) is 0 Å². The zero-order chi connectivity index (χ0) is 16.2. The maximum absolute atomic E-state index is 13.0. The Labute approximate surface area is 130 Å². The molecule has 1 rings (SSSR count). The molecule has 0 fully saturated rings. The maximum Gasteiger partial charge on any atom is 0.418 e. The summed E-state index contributed by atoms with van der Waals surface area (Å²) in [7, 11) is 0. The van der Waals surface area contributed by atoms with Gasteiger partial charge < -0.3 is 5.32 Å².